The molecule has 0 N–H and O–H groups in total. The Morgan fingerprint density at radius 1 is 1.46 bits per heavy atom. The monoisotopic (exact) mass is 221 g/mol. The first kappa shape index (κ1) is 11.4. The summed E-state index contributed by atoms with van der Waals surface area (Å²) >= 11 is 11.2. The Labute approximate surface area is 90.7 Å². The average Bonchev–Trinajstić information content (AvgIpc) is 2.16. The highest BCUT2D eigenvalue weighted by atomic mass is 35.5. The molecule has 3 heteroatoms. The van der Waals surface area contributed by atoms with Gasteiger partial charge in [-0.3, -0.25) is 4.90 Å². The van der Waals surface area contributed by atoms with Gasteiger partial charge in [0.05, 0.1) is 0 Å². The van der Waals surface area contributed by atoms with Crippen molar-refractivity contribution in [2.75, 3.05) is 25.5 Å². The Morgan fingerprint density at radius 3 is 3.00 bits per heavy atom. The van der Waals surface area contributed by atoms with Crippen molar-refractivity contribution in [1.29, 1.82) is 0 Å². The van der Waals surface area contributed by atoms with Gasteiger partial charge < -0.3 is 0 Å². The topological polar surface area (TPSA) is 3.24 Å². The van der Waals surface area contributed by atoms with E-state index in [1.807, 2.05) is 6.08 Å². The van der Waals surface area contributed by atoms with E-state index in [1.54, 1.807) is 5.54 Å². The summed E-state index contributed by atoms with van der Waals surface area (Å²) in [6, 6.07) is 0. The van der Waals surface area contributed by atoms with Crippen LogP contribution in [0, 0.1) is 5.92 Å². The molecule has 1 unspecified atom stereocenters. The number of piperidine rings is 1. The van der Waals surface area contributed by atoms with E-state index < -0.39 is 0 Å². The molecular formula is C10H17Cl2N. The van der Waals surface area contributed by atoms with Crippen molar-refractivity contribution in [3.05, 3.63) is 11.6 Å². The molecule has 0 radical (unpaired) electrons. The van der Waals surface area contributed by atoms with Crippen LogP contribution in [0.15, 0.2) is 11.6 Å². The van der Waals surface area contributed by atoms with Crippen molar-refractivity contribution in [3.63, 3.8) is 0 Å². The van der Waals surface area contributed by atoms with Gasteiger partial charge in [0.25, 0.3) is 0 Å². The SMILES string of the molecule is Cl/C=C/CN1CCCC(CCCl)C1. The van der Waals surface area contributed by atoms with E-state index in [4.69, 9.17) is 23.2 Å². The lowest BCUT2D eigenvalue weighted by Gasteiger charge is -2.31. The second-order valence-electron chi connectivity index (χ2n) is 3.61. The fraction of sp³-hybridized carbons (Fsp3) is 0.800. The third-order valence-corrected chi connectivity index (χ3v) is 2.97. The highest BCUT2D eigenvalue weighted by Gasteiger charge is 2.17. The predicted molar refractivity (Wildman–Crippen MR) is 59.5 cm³/mol. The van der Waals surface area contributed by atoms with Crippen LogP contribution >= 0.6 is 23.2 Å². The maximum absolute atomic E-state index is 5.73. The van der Waals surface area contributed by atoms with E-state index in [-0.39, 0.29) is 0 Å². The molecule has 0 saturated carbocycles. The molecular weight excluding hydrogens is 205 g/mol. The Hall–Kier alpha value is 0.280. The normalized spacial score (nSPS) is 25.5. The number of hydrogen-bond acceptors (Lipinski definition) is 1. The Balaban J connectivity index is 2.24. The summed E-state index contributed by atoms with van der Waals surface area (Å²) in [5.74, 6) is 1.60. The lowest BCUT2D eigenvalue weighted by molar-refractivity contribution is 0.188. The molecule has 76 valence electrons. The average molecular weight is 222 g/mol. The molecule has 0 aromatic rings. The van der Waals surface area contributed by atoms with Crippen LogP contribution in [0.5, 0.6) is 0 Å². The van der Waals surface area contributed by atoms with Crippen molar-refractivity contribution in [2.45, 2.75) is 19.3 Å². The van der Waals surface area contributed by atoms with Gasteiger partial charge in [0.15, 0.2) is 0 Å². The van der Waals surface area contributed by atoms with Crippen LogP contribution in [0.2, 0.25) is 0 Å². The molecule has 0 bridgehead atoms. The van der Waals surface area contributed by atoms with Crippen LogP contribution in [-0.4, -0.2) is 30.4 Å². The van der Waals surface area contributed by atoms with Crippen molar-refractivity contribution < 1.29 is 0 Å². The number of nitrogens with zero attached hydrogens (tertiary/aromatic N) is 1. The first-order valence-electron chi connectivity index (χ1n) is 4.90. The summed E-state index contributed by atoms with van der Waals surface area (Å²) in [5.41, 5.74) is 1.60. The summed E-state index contributed by atoms with van der Waals surface area (Å²) in [5, 5.41) is 0. The van der Waals surface area contributed by atoms with E-state index in [9.17, 15) is 0 Å². The van der Waals surface area contributed by atoms with Crippen LogP contribution in [-0.2, 0) is 0 Å². The van der Waals surface area contributed by atoms with Crippen molar-refractivity contribution in [2.24, 2.45) is 5.92 Å². The van der Waals surface area contributed by atoms with Gasteiger partial charge in [-0.25, -0.2) is 0 Å². The van der Waals surface area contributed by atoms with Crippen LogP contribution in [0.1, 0.15) is 19.3 Å². The first-order valence-corrected chi connectivity index (χ1v) is 5.87. The van der Waals surface area contributed by atoms with Crippen molar-refractivity contribution in [3.8, 4) is 0 Å². The largest absolute Gasteiger partial charge is 0.299 e. The lowest BCUT2D eigenvalue weighted by Crippen LogP contribution is -2.35. The Kier molecular flexibility index (Phi) is 5.85. The summed E-state index contributed by atoms with van der Waals surface area (Å²) < 4.78 is 0. The highest BCUT2D eigenvalue weighted by molar-refractivity contribution is 6.25. The van der Waals surface area contributed by atoms with Crippen LogP contribution in [0.4, 0.5) is 0 Å². The van der Waals surface area contributed by atoms with Gasteiger partial charge in [-0.2, -0.15) is 0 Å². The van der Waals surface area contributed by atoms with Gasteiger partial charge in [0.2, 0.25) is 0 Å². The van der Waals surface area contributed by atoms with E-state index in [1.165, 1.54) is 25.9 Å². The smallest absolute Gasteiger partial charge is 0.0226 e. The Morgan fingerprint density at radius 2 is 2.31 bits per heavy atom. The van der Waals surface area contributed by atoms with E-state index in [2.05, 4.69) is 4.90 Å². The second kappa shape index (κ2) is 6.69. The molecule has 1 rings (SSSR count). The highest BCUT2D eigenvalue weighted by Crippen LogP contribution is 2.19. The minimum Gasteiger partial charge on any atom is -0.299 e. The molecule has 0 aromatic heterocycles. The number of halogens is 2. The first-order chi connectivity index (χ1) is 6.36. The molecule has 13 heavy (non-hydrogen) atoms. The molecule has 1 aliphatic heterocycles. The van der Waals surface area contributed by atoms with Crippen LogP contribution in [0.3, 0.4) is 0 Å². The third kappa shape index (κ3) is 4.35. The van der Waals surface area contributed by atoms with Crippen molar-refractivity contribution >= 4 is 23.2 Å². The van der Waals surface area contributed by atoms with E-state index >= 15 is 0 Å². The standard InChI is InChI=1S/C10H17Cl2N/c11-5-2-8-13-7-1-3-10(9-13)4-6-12/h2,5,10H,1,3-4,6-9H2/b5-2+. The molecule has 1 aliphatic rings. The molecule has 1 fully saturated rings. The molecule has 0 aromatic carbocycles. The quantitative estimate of drug-likeness (QED) is 0.660. The summed E-state index contributed by atoms with van der Waals surface area (Å²) in [6.45, 7) is 3.39. The fourth-order valence-corrected chi connectivity index (χ4v) is 2.28. The van der Waals surface area contributed by atoms with E-state index in [0.29, 0.717) is 0 Å². The number of likely N-dealkylation sites (tertiary alicyclic amines) is 1. The van der Waals surface area contributed by atoms with E-state index in [0.717, 1.165) is 24.8 Å². The van der Waals surface area contributed by atoms with Gasteiger partial charge in [-0.05, 0) is 31.7 Å². The number of alkyl halides is 1. The number of rotatable bonds is 4. The summed E-state index contributed by atoms with van der Waals surface area (Å²) in [4.78, 5) is 2.44. The van der Waals surface area contributed by atoms with Crippen LogP contribution in [0.25, 0.3) is 0 Å². The Bertz CT molecular complexity index is 157. The van der Waals surface area contributed by atoms with Crippen LogP contribution < -0.4 is 0 Å². The molecule has 0 aliphatic carbocycles. The summed E-state index contributed by atoms with van der Waals surface area (Å²) in [7, 11) is 0. The molecule has 0 amide bonds. The fourth-order valence-electron chi connectivity index (χ4n) is 1.90. The van der Waals surface area contributed by atoms with Gasteiger partial charge in [0, 0.05) is 24.5 Å². The molecule has 0 spiro atoms. The zero-order chi connectivity index (χ0) is 9.52. The van der Waals surface area contributed by atoms with Gasteiger partial charge in [-0.1, -0.05) is 17.7 Å². The maximum atomic E-state index is 5.73. The van der Waals surface area contributed by atoms with Gasteiger partial charge >= 0.3 is 0 Å². The second-order valence-corrected chi connectivity index (χ2v) is 4.24. The molecule has 1 atom stereocenters. The molecule has 1 nitrogen and oxygen atoms in total. The minimum absolute atomic E-state index is 0.795. The lowest BCUT2D eigenvalue weighted by atomic mass is 9.96. The third-order valence-electron chi connectivity index (χ3n) is 2.57. The predicted octanol–water partition coefficient (Wildman–Crippen LogP) is 3.08. The number of hydrogen-bond donors (Lipinski definition) is 0. The summed E-state index contributed by atoms with van der Waals surface area (Å²) in [6.07, 6.45) is 5.80. The van der Waals surface area contributed by atoms with Gasteiger partial charge in [0.1, 0.15) is 0 Å². The van der Waals surface area contributed by atoms with Gasteiger partial charge in [-0.15, -0.1) is 11.6 Å². The maximum Gasteiger partial charge on any atom is 0.0226 e. The molecule has 1 heterocycles. The minimum atomic E-state index is 0.795. The zero-order valence-electron chi connectivity index (χ0n) is 7.88. The zero-order valence-corrected chi connectivity index (χ0v) is 9.40. The van der Waals surface area contributed by atoms with Crippen molar-refractivity contribution in [1.82, 2.24) is 4.90 Å². The molecule has 1 saturated heterocycles.